The zero-order valence-electron chi connectivity index (χ0n) is 12.9. The number of likely N-dealkylation sites (N-methyl/N-ethyl adjacent to an activating group) is 1. The first-order valence-corrected chi connectivity index (χ1v) is 7.29. The summed E-state index contributed by atoms with van der Waals surface area (Å²) in [5.74, 6) is 0. The van der Waals surface area contributed by atoms with Crippen molar-refractivity contribution in [3.63, 3.8) is 0 Å². The summed E-state index contributed by atoms with van der Waals surface area (Å²) in [6, 6.07) is 1.26. The topological polar surface area (TPSA) is 43.0 Å². The summed E-state index contributed by atoms with van der Waals surface area (Å²) in [5.41, 5.74) is 0. The molecule has 0 aliphatic carbocycles. The van der Waals surface area contributed by atoms with Crippen molar-refractivity contribution in [1.29, 1.82) is 0 Å². The highest BCUT2D eigenvalue weighted by Gasteiger charge is 2.32. The molecule has 1 aliphatic heterocycles. The zero-order valence-corrected chi connectivity index (χ0v) is 12.9. The molecule has 1 aliphatic rings. The summed E-state index contributed by atoms with van der Waals surface area (Å²) in [6.45, 7) is 9.39. The van der Waals surface area contributed by atoms with E-state index < -0.39 is 0 Å². The van der Waals surface area contributed by atoms with E-state index in [4.69, 9.17) is 14.2 Å². The predicted octanol–water partition coefficient (Wildman–Crippen LogP) is 0.737. The average molecular weight is 274 g/mol. The molecule has 1 rings (SSSR count). The molecular formula is C14H30N2O3. The van der Waals surface area contributed by atoms with Gasteiger partial charge in [0, 0.05) is 45.5 Å². The normalized spacial score (nSPS) is 25.7. The van der Waals surface area contributed by atoms with Gasteiger partial charge in [-0.05, 0) is 19.9 Å². The summed E-state index contributed by atoms with van der Waals surface area (Å²) in [4.78, 5) is 2.46. The van der Waals surface area contributed by atoms with Crippen LogP contribution in [-0.4, -0.2) is 76.8 Å². The maximum atomic E-state index is 5.68. The van der Waals surface area contributed by atoms with Gasteiger partial charge in [0.2, 0.25) is 0 Å². The van der Waals surface area contributed by atoms with Gasteiger partial charge < -0.3 is 19.5 Å². The van der Waals surface area contributed by atoms with E-state index in [9.17, 15) is 0 Å². The molecule has 0 radical (unpaired) electrons. The second-order valence-electron chi connectivity index (χ2n) is 5.13. The second-order valence-corrected chi connectivity index (χ2v) is 5.13. The number of hydrogen-bond acceptors (Lipinski definition) is 5. The summed E-state index contributed by atoms with van der Waals surface area (Å²) in [6.07, 6.45) is 1.07. The molecular weight excluding hydrogens is 244 g/mol. The summed E-state index contributed by atoms with van der Waals surface area (Å²) >= 11 is 0. The number of methoxy groups -OCH3 is 2. The van der Waals surface area contributed by atoms with Crippen LogP contribution in [0.25, 0.3) is 0 Å². The van der Waals surface area contributed by atoms with Crippen molar-refractivity contribution < 1.29 is 14.2 Å². The molecule has 1 N–H and O–H groups in total. The fourth-order valence-electron chi connectivity index (χ4n) is 2.80. The summed E-state index contributed by atoms with van der Waals surface area (Å²) in [7, 11) is 3.50. The van der Waals surface area contributed by atoms with Crippen molar-refractivity contribution in [2.45, 2.75) is 38.4 Å². The number of rotatable bonds is 9. The fraction of sp³-hybridized carbons (Fsp3) is 1.00. The van der Waals surface area contributed by atoms with Gasteiger partial charge in [-0.25, -0.2) is 0 Å². The van der Waals surface area contributed by atoms with Crippen LogP contribution in [0.3, 0.4) is 0 Å². The van der Waals surface area contributed by atoms with Crippen LogP contribution in [0.15, 0.2) is 0 Å². The van der Waals surface area contributed by atoms with Crippen LogP contribution in [0.2, 0.25) is 0 Å². The molecule has 1 heterocycles. The van der Waals surface area contributed by atoms with Crippen LogP contribution in [0, 0.1) is 0 Å². The minimum absolute atomic E-state index is 0.369. The van der Waals surface area contributed by atoms with Gasteiger partial charge in [-0.3, -0.25) is 4.90 Å². The molecule has 5 heteroatoms. The van der Waals surface area contributed by atoms with Crippen LogP contribution < -0.4 is 5.32 Å². The van der Waals surface area contributed by atoms with E-state index in [1.54, 1.807) is 14.2 Å². The Balaban J connectivity index is 2.68. The molecule has 0 spiro atoms. The van der Waals surface area contributed by atoms with E-state index in [1.807, 2.05) is 0 Å². The van der Waals surface area contributed by atoms with Crippen LogP contribution in [-0.2, 0) is 14.2 Å². The lowest BCUT2D eigenvalue weighted by molar-refractivity contribution is -0.0367. The Morgan fingerprint density at radius 2 is 2.16 bits per heavy atom. The minimum atomic E-state index is 0.369. The number of nitrogens with zero attached hydrogens (tertiary/aromatic N) is 1. The Kier molecular flexibility index (Phi) is 8.57. The largest absolute Gasteiger partial charge is 0.383 e. The second kappa shape index (κ2) is 9.66. The van der Waals surface area contributed by atoms with E-state index in [0.29, 0.717) is 18.1 Å². The van der Waals surface area contributed by atoms with Gasteiger partial charge in [-0.2, -0.15) is 0 Å². The Bertz CT molecular complexity index is 227. The molecule has 5 nitrogen and oxygen atoms in total. The molecule has 0 aromatic carbocycles. The molecule has 0 aromatic rings. The van der Waals surface area contributed by atoms with Gasteiger partial charge in [-0.1, -0.05) is 6.92 Å². The third kappa shape index (κ3) is 5.36. The van der Waals surface area contributed by atoms with Crippen LogP contribution in [0.4, 0.5) is 0 Å². The lowest BCUT2D eigenvalue weighted by Gasteiger charge is -2.42. The van der Waals surface area contributed by atoms with Gasteiger partial charge in [-0.15, -0.1) is 0 Å². The minimum Gasteiger partial charge on any atom is -0.383 e. The van der Waals surface area contributed by atoms with Gasteiger partial charge in [0.25, 0.3) is 0 Å². The Morgan fingerprint density at radius 3 is 2.79 bits per heavy atom. The number of nitrogens with one attached hydrogen (secondary N) is 1. The molecule has 0 bridgehead atoms. The quantitative estimate of drug-likeness (QED) is 0.672. The molecule has 19 heavy (non-hydrogen) atoms. The standard InChI is InChI=1S/C14H30N2O3/c1-5-15-13-6-8-19-11-14(13)16(7-9-17-3)12(2)10-18-4/h12-15H,5-11H2,1-4H3. The van der Waals surface area contributed by atoms with Gasteiger partial charge >= 0.3 is 0 Å². The predicted molar refractivity (Wildman–Crippen MR) is 76.6 cm³/mol. The van der Waals surface area contributed by atoms with E-state index >= 15 is 0 Å². The van der Waals surface area contributed by atoms with Crippen molar-refractivity contribution in [2.24, 2.45) is 0 Å². The van der Waals surface area contributed by atoms with Crippen molar-refractivity contribution in [3.05, 3.63) is 0 Å². The zero-order chi connectivity index (χ0) is 14.1. The highest BCUT2D eigenvalue weighted by molar-refractivity contribution is 4.89. The van der Waals surface area contributed by atoms with Gasteiger partial charge in [0.1, 0.15) is 0 Å². The Labute approximate surface area is 117 Å². The van der Waals surface area contributed by atoms with Gasteiger partial charge in [0.15, 0.2) is 0 Å². The van der Waals surface area contributed by atoms with Crippen LogP contribution in [0.1, 0.15) is 20.3 Å². The fourth-order valence-corrected chi connectivity index (χ4v) is 2.80. The Hall–Kier alpha value is -0.200. The Morgan fingerprint density at radius 1 is 1.37 bits per heavy atom. The highest BCUT2D eigenvalue weighted by Crippen LogP contribution is 2.17. The number of hydrogen-bond donors (Lipinski definition) is 1. The number of ether oxygens (including phenoxy) is 3. The summed E-state index contributed by atoms with van der Waals surface area (Å²) < 4.78 is 16.2. The SMILES string of the molecule is CCNC1CCOCC1N(CCOC)C(C)COC. The van der Waals surface area contributed by atoms with E-state index in [-0.39, 0.29) is 0 Å². The van der Waals surface area contributed by atoms with Crippen LogP contribution in [0.5, 0.6) is 0 Å². The maximum absolute atomic E-state index is 5.68. The summed E-state index contributed by atoms with van der Waals surface area (Å²) in [5, 5.41) is 3.59. The average Bonchev–Trinajstić information content (AvgIpc) is 2.41. The first-order valence-electron chi connectivity index (χ1n) is 7.29. The molecule has 0 aromatic heterocycles. The van der Waals surface area contributed by atoms with E-state index in [2.05, 4.69) is 24.1 Å². The molecule has 3 atom stereocenters. The maximum Gasteiger partial charge on any atom is 0.0637 e. The smallest absolute Gasteiger partial charge is 0.0637 e. The van der Waals surface area contributed by atoms with E-state index in [1.165, 1.54) is 0 Å². The molecule has 1 fully saturated rings. The van der Waals surface area contributed by atoms with Crippen molar-refractivity contribution >= 4 is 0 Å². The van der Waals surface area contributed by atoms with Gasteiger partial charge in [0.05, 0.1) is 19.8 Å². The third-order valence-corrected chi connectivity index (χ3v) is 3.75. The van der Waals surface area contributed by atoms with E-state index in [0.717, 1.165) is 45.9 Å². The lowest BCUT2D eigenvalue weighted by atomic mass is 10.00. The lowest BCUT2D eigenvalue weighted by Crippen LogP contribution is -2.59. The monoisotopic (exact) mass is 274 g/mol. The third-order valence-electron chi connectivity index (χ3n) is 3.75. The molecule has 114 valence electrons. The highest BCUT2D eigenvalue weighted by atomic mass is 16.5. The molecule has 0 amide bonds. The molecule has 0 saturated carbocycles. The van der Waals surface area contributed by atoms with Crippen molar-refractivity contribution in [3.8, 4) is 0 Å². The van der Waals surface area contributed by atoms with Crippen LogP contribution >= 0.6 is 0 Å². The molecule has 1 saturated heterocycles. The van der Waals surface area contributed by atoms with Crippen molar-refractivity contribution in [2.75, 3.05) is 53.7 Å². The first-order chi connectivity index (χ1) is 9.24. The van der Waals surface area contributed by atoms with Crippen molar-refractivity contribution in [1.82, 2.24) is 10.2 Å². The first kappa shape index (κ1) is 16.9. The molecule has 3 unspecified atom stereocenters.